The standard InChI is InChI=1S/C15H20ClNO3S/c1-9(2)7-13(15(19)20-3)17-14(18)11-8-10(21-4)5-6-12(11)16/h5-6,8-9,13H,7H2,1-4H3,(H,17,18). The normalized spacial score (nSPS) is 12.1. The highest BCUT2D eigenvalue weighted by atomic mass is 35.5. The van der Waals surface area contributed by atoms with E-state index in [1.54, 1.807) is 12.1 Å². The predicted octanol–water partition coefficient (Wildman–Crippen LogP) is 3.38. The van der Waals surface area contributed by atoms with Crippen molar-refractivity contribution in [1.29, 1.82) is 0 Å². The molecule has 0 spiro atoms. The number of nitrogens with one attached hydrogen (secondary N) is 1. The number of esters is 1. The van der Waals surface area contributed by atoms with Gasteiger partial charge in [-0.15, -0.1) is 11.8 Å². The smallest absolute Gasteiger partial charge is 0.328 e. The van der Waals surface area contributed by atoms with Crippen LogP contribution in [0.4, 0.5) is 0 Å². The molecule has 1 unspecified atom stereocenters. The molecule has 1 atom stereocenters. The fourth-order valence-corrected chi connectivity index (χ4v) is 2.51. The number of amides is 1. The van der Waals surface area contributed by atoms with E-state index in [1.165, 1.54) is 18.9 Å². The molecule has 0 aliphatic heterocycles. The third-order valence-corrected chi connectivity index (χ3v) is 3.97. The van der Waals surface area contributed by atoms with E-state index in [2.05, 4.69) is 5.32 Å². The van der Waals surface area contributed by atoms with Gasteiger partial charge in [0.1, 0.15) is 6.04 Å². The van der Waals surface area contributed by atoms with Crippen LogP contribution < -0.4 is 5.32 Å². The Morgan fingerprint density at radius 3 is 2.57 bits per heavy atom. The highest BCUT2D eigenvalue weighted by Gasteiger charge is 2.24. The predicted molar refractivity (Wildman–Crippen MR) is 86.0 cm³/mol. The molecule has 0 aliphatic rings. The summed E-state index contributed by atoms with van der Waals surface area (Å²) >= 11 is 7.58. The number of carbonyl (C=O) groups excluding carboxylic acids is 2. The van der Waals surface area contributed by atoms with Crippen molar-refractivity contribution in [1.82, 2.24) is 5.32 Å². The summed E-state index contributed by atoms with van der Waals surface area (Å²) in [5.74, 6) is -0.566. The zero-order valence-electron chi connectivity index (χ0n) is 12.6. The number of hydrogen-bond acceptors (Lipinski definition) is 4. The van der Waals surface area contributed by atoms with Gasteiger partial charge in [-0.2, -0.15) is 0 Å². The second-order valence-electron chi connectivity index (χ2n) is 5.02. The molecular formula is C15H20ClNO3S. The van der Waals surface area contributed by atoms with Gasteiger partial charge in [0.15, 0.2) is 0 Å². The van der Waals surface area contributed by atoms with Gasteiger partial charge in [-0.1, -0.05) is 25.4 Å². The van der Waals surface area contributed by atoms with Crippen molar-refractivity contribution in [3.05, 3.63) is 28.8 Å². The van der Waals surface area contributed by atoms with Gasteiger partial charge in [0, 0.05) is 4.90 Å². The van der Waals surface area contributed by atoms with E-state index in [0.29, 0.717) is 17.0 Å². The van der Waals surface area contributed by atoms with E-state index in [4.69, 9.17) is 16.3 Å². The molecule has 0 radical (unpaired) electrons. The summed E-state index contributed by atoms with van der Waals surface area (Å²) in [6.45, 7) is 3.95. The van der Waals surface area contributed by atoms with Crippen LogP contribution in [0.1, 0.15) is 30.6 Å². The van der Waals surface area contributed by atoms with Crippen LogP contribution in [0.3, 0.4) is 0 Å². The topological polar surface area (TPSA) is 55.4 Å². The summed E-state index contributed by atoms with van der Waals surface area (Å²) in [5.41, 5.74) is 0.362. The average Bonchev–Trinajstić information content (AvgIpc) is 2.45. The Hall–Kier alpha value is -1.20. The van der Waals surface area contributed by atoms with E-state index in [-0.39, 0.29) is 11.8 Å². The van der Waals surface area contributed by atoms with E-state index in [1.807, 2.05) is 26.2 Å². The van der Waals surface area contributed by atoms with Crippen molar-refractivity contribution in [3.8, 4) is 0 Å². The van der Waals surface area contributed by atoms with Gasteiger partial charge in [-0.25, -0.2) is 4.79 Å². The monoisotopic (exact) mass is 329 g/mol. The zero-order valence-corrected chi connectivity index (χ0v) is 14.2. The Morgan fingerprint density at radius 2 is 2.05 bits per heavy atom. The van der Waals surface area contributed by atoms with Crippen LogP contribution in [0.2, 0.25) is 5.02 Å². The number of ether oxygens (including phenoxy) is 1. The van der Waals surface area contributed by atoms with Gasteiger partial charge in [0.05, 0.1) is 17.7 Å². The molecule has 1 aromatic carbocycles. The van der Waals surface area contributed by atoms with E-state index in [9.17, 15) is 9.59 Å². The maximum absolute atomic E-state index is 12.3. The molecule has 0 bridgehead atoms. The molecule has 0 saturated carbocycles. The first-order chi connectivity index (χ1) is 9.88. The van der Waals surface area contributed by atoms with Gasteiger partial charge in [0.2, 0.25) is 0 Å². The van der Waals surface area contributed by atoms with Gasteiger partial charge >= 0.3 is 5.97 Å². The van der Waals surface area contributed by atoms with Gasteiger partial charge in [-0.05, 0) is 36.8 Å². The number of benzene rings is 1. The summed E-state index contributed by atoms with van der Waals surface area (Å²) in [6.07, 6.45) is 2.43. The molecule has 0 heterocycles. The van der Waals surface area contributed by atoms with Gasteiger partial charge in [-0.3, -0.25) is 4.79 Å². The third kappa shape index (κ3) is 5.25. The van der Waals surface area contributed by atoms with Crippen LogP contribution in [0.5, 0.6) is 0 Å². The Kier molecular flexibility index (Phi) is 7.05. The minimum Gasteiger partial charge on any atom is -0.467 e. The number of thioether (sulfide) groups is 1. The number of rotatable bonds is 6. The first-order valence-corrected chi connectivity index (χ1v) is 8.21. The Bertz CT molecular complexity index is 520. The highest BCUT2D eigenvalue weighted by molar-refractivity contribution is 7.98. The first-order valence-electron chi connectivity index (χ1n) is 6.61. The maximum Gasteiger partial charge on any atom is 0.328 e. The van der Waals surface area contributed by atoms with Gasteiger partial charge in [0.25, 0.3) is 5.91 Å². The van der Waals surface area contributed by atoms with E-state index < -0.39 is 12.0 Å². The second kappa shape index (κ2) is 8.29. The molecule has 0 aromatic heterocycles. The Morgan fingerprint density at radius 1 is 1.38 bits per heavy atom. The van der Waals surface area contributed by atoms with Crippen molar-refractivity contribution >= 4 is 35.2 Å². The first kappa shape index (κ1) is 17.9. The number of methoxy groups -OCH3 is 1. The Balaban J connectivity index is 2.93. The molecule has 1 rings (SSSR count). The lowest BCUT2D eigenvalue weighted by Crippen LogP contribution is -2.42. The summed E-state index contributed by atoms with van der Waals surface area (Å²) in [6, 6.07) is 4.57. The quantitative estimate of drug-likeness (QED) is 0.642. The largest absolute Gasteiger partial charge is 0.467 e. The van der Waals surface area contributed by atoms with Crippen molar-refractivity contribution in [3.63, 3.8) is 0 Å². The van der Waals surface area contributed by atoms with E-state index in [0.717, 1.165) is 4.90 Å². The van der Waals surface area contributed by atoms with Crippen molar-refractivity contribution < 1.29 is 14.3 Å². The lowest BCUT2D eigenvalue weighted by molar-refractivity contribution is -0.143. The average molecular weight is 330 g/mol. The number of carbonyl (C=O) groups is 2. The zero-order chi connectivity index (χ0) is 16.0. The minimum absolute atomic E-state index is 0.252. The molecule has 0 aliphatic carbocycles. The third-order valence-electron chi connectivity index (χ3n) is 2.92. The van der Waals surface area contributed by atoms with Crippen LogP contribution in [0.25, 0.3) is 0 Å². The molecule has 6 heteroatoms. The van der Waals surface area contributed by atoms with E-state index >= 15 is 0 Å². The molecule has 1 amide bonds. The second-order valence-corrected chi connectivity index (χ2v) is 6.31. The summed E-state index contributed by atoms with van der Waals surface area (Å²) in [5, 5.41) is 3.06. The molecule has 116 valence electrons. The van der Waals surface area contributed by atoms with Crippen molar-refractivity contribution in [2.24, 2.45) is 5.92 Å². The Labute approximate surface area is 134 Å². The molecule has 0 fully saturated rings. The summed E-state index contributed by atoms with van der Waals surface area (Å²) in [7, 11) is 1.31. The summed E-state index contributed by atoms with van der Waals surface area (Å²) < 4.78 is 4.73. The lowest BCUT2D eigenvalue weighted by Gasteiger charge is -2.18. The molecule has 1 N–H and O–H groups in total. The molecule has 0 saturated heterocycles. The fourth-order valence-electron chi connectivity index (χ4n) is 1.87. The highest BCUT2D eigenvalue weighted by Crippen LogP contribution is 2.23. The van der Waals surface area contributed by atoms with Crippen LogP contribution in [0, 0.1) is 5.92 Å². The number of hydrogen-bond donors (Lipinski definition) is 1. The van der Waals surface area contributed by atoms with Crippen LogP contribution in [0.15, 0.2) is 23.1 Å². The molecule has 21 heavy (non-hydrogen) atoms. The molecular weight excluding hydrogens is 310 g/mol. The maximum atomic E-state index is 12.3. The summed E-state index contributed by atoms with van der Waals surface area (Å²) in [4.78, 5) is 25.0. The van der Waals surface area contributed by atoms with Gasteiger partial charge < -0.3 is 10.1 Å². The van der Waals surface area contributed by atoms with Crippen molar-refractivity contribution in [2.45, 2.75) is 31.2 Å². The fraction of sp³-hybridized carbons (Fsp3) is 0.467. The van der Waals surface area contributed by atoms with Crippen LogP contribution >= 0.6 is 23.4 Å². The van der Waals surface area contributed by atoms with Crippen LogP contribution in [-0.4, -0.2) is 31.3 Å². The molecule has 4 nitrogen and oxygen atoms in total. The van der Waals surface area contributed by atoms with Crippen molar-refractivity contribution in [2.75, 3.05) is 13.4 Å². The SMILES string of the molecule is COC(=O)C(CC(C)C)NC(=O)c1cc(SC)ccc1Cl. The minimum atomic E-state index is -0.670. The number of halogens is 1. The van der Waals surface area contributed by atoms with Crippen LogP contribution in [-0.2, 0) is 9.53 Å². The lowest BCUT2D eigenvalue weighted by atomic mass is 10.0. The molecule has 1 aromatic rings.